The maximum Gasteiger partial charge on any atom is 0.0791 e. The summed E-state index contributed by atoms with van der Waals surface area (Å²) in [5.41, 5.74) is 2.51. The van der Waals surface area contributed by atoms with Crippen LogP contribution in [0.1, 0.15) is 36.9 Å². The maximum atomic E-state index is 10.1. The van der Waals surface area contributed by atoms with Gasteiger partial charge in [0.15, 0.2) is 0 Å². The third-order valence-corrected chi connectivity index (χ3v) is 4.90. The third kappa shape index (κ3) is 4.55. The predicted molar refractivity (Wildman–Crippen MR) is 87.0 cm³/mol. The Hall–Kier alpha value is -0.420. The average Bonchev–Trinajstić information content (AvgIpc) is 2.92. The van der Waals surface area contributed by atoms with E-state index in [-0.39, 0.29) is 12.1 Å². The Bertz CT molecular complexity index is 432. The summed E-state index contributed by atoms with van der Waals surface area (Å²) in [4.78, 5) is 2.35. The minimum absolute atomic E-state index is 0.259. The first kappa shape index (κ1) is 16.0. The standard InChI is InChI=1S/C16H25BrN2O/c1-12-9-14(5-6-16(12)17)13(2)18-10-15(20)11-19-7-3-4-8-19/h5-6,9,13,15,18,20H,3-4,7-8,10-11H2,1-2H3. The number of aliphatic hydroxyl groups is 1. The normalized spacial score (nSPS) is 19.2. The van der Waals surface area contributed by atoms with Gasteiger partial charge in [0.05, 0.1) is 6.10 Å². The first-order valence-electron chi connectivity index (χ1n) is 7.46. The average molecular weight is 341 g/mol. The van der Waals surface area contributed by atoms with Gasteiger partial charge < -0.3 is 15.3 Å². The van der Waals surface area contributed by atoms with E-state index < -0.39 is 0 Å². The Morgan fingerprint density at radius 1 is 1.35 bits per heavy atom. The van der Waals surface area contributed by atoms with Gasteiger partial charge in [0.1, 0.15) is 0 Å². The fourth-order valence-corrected chi connectivity index (χ4v) is 2.94. The Morgan fingerprint density at radius 3 is 2.70 bits per heavy atom. The summed E-state index contributed by atoms with van der Waals surface area (Å²) in [6.45, 7) is 7.96. The zero-order valence-electron chi connectivity index (χ0n) is 12.4. The van der Waals surface area contributed by atoms with Crippen LogP contribution in [0.3, 0.4) is 0 Å². The van der Waals surface area contributed by atoms with E-state index in [2.05, 4.69) is 58.2 Å². The van der Waals surface area contributed by atoms with Crippen molar-refractivity contribution in [1.82, 2.24) is 10.2 Å². The molecule has 2 N–H and O–H groups in total. The molecular weight excluding hydrogens is 316 g/mol. The molecule has 2 atom stereocenters. The minimum atomic E-state index is -0.285. The lowest BCUT2D eigenvalue weighted by Crippen LogP contribution is -2.37. The molecule has 0 spiro atoms. The van der Waals surface area contributed by atoms with Crippen LogP contribution in [0, 0.1) is 6.92 Å². The highest BCUT2D eigenvalue weighted by Gasteiger charge is 2.16. The van der Waals surface area contributed by atoms with Crippen LogP contribution in [0.5, 0.6) is 0 Å². The lowest BCUT2D eigenvalue weighted by molar-refractivity contribution is 0.121. The minimum Gasteiger partial charge on any atom is -0.390 e. The van der Waals surface area contributed by atoms with Gasteiger partial charge in [-0.15, -0.1) is 0 Å². The van der Waals surface area contributed by atoms with Crippen molar-refractivity contribution >= 4 is 15.9 Å². The second-order valence-corrected chi connectivity index (χ2v) is 6.65. The van der Waals surface area contributed by atoms with Crippen molar-refractivity contribution in [3.63, 3.8) is 0 Å². The van der Waals surface area contributed by atoms with Crippen LogP contribution in [0.15, 0.2) is 22.7 Å². The second-order valence-electron chi connectivity index (χ2n) is 5.80. The fourth-order valence-electron chi connectivity index (χ4n) is 2.70. The molecule has 1 aliphatic rings. The number of likely N-dealkylation sites (tertiary alicyclic amines) is 1. The highest BCUT2D eigenvalue weighted by atomic mass is 79.9. The molecule has 112 valence electrons. The molecule has 0 saturated carbocycles. The van der Waals surface area contributed by atoms with E-state index in [9.17, 15) is 5.11 Å². The van der Waals surface area contributed by atoms with Gasteiger partial charge in [0.2, 0.25) is 0 Å². The molecule has 1 aromatic carbocycles. The van der Waals surface area contributed by atoms with Gasteiger partial charge >= 0.3 is 0 Å². The molecule has 2 unspecified atom stereocenters. The van der Waals surface area contributed by atoms with Crippen molar-refractivity contribution in [1.29, 1.82) is 0 Å². The lowest BCUT2D eigenvalue weighted by Gasteiger charge is -2.22. The number of benzene rings is 1. The van der Waals surface area contributed by atoms with Gasteiger partial charge in [-0.05, 0) is 57.0 Å². The lowest BCUT2D eigenvalue weighted by atomic mass is 10.1. The first-order chi connectivity index (χ1) is 9.56. The number of hydrogen-bond acceptors (Lipinski definition) is 3. The van der Waals surface area contributed by atoms with Crippen molar-refractivity contribution in [3.05, 3.63) is 33.8 Å². The molecule has 3 nitrogen and oxygen atoms in total. The molecule has 1 aromatic rings. The zero-order chi connectivity index (χ0) is 14.5. The van der Waals surface area contributed by atoms with Gasteiger partial charge in [-0.3, -0.25) is 0 Å². The third-order valence-electron chi connectivity index (χ3n) is 4.01. The molecule has 1 heterocycles. The topological polar surface area (TPSA) is 35.5 Å². The number of β-amino-alcohol motifs (C(OH)–C–C–N with tert-alkyl or cyclic N) is 1. The van der Waals surface area contributed by atoms with Crippen molar-refractivity contribution in [2.24, 2.45) is 0 Å². The van der Waals surface area contributed by atoms with Crippen molar-refractivity contribution in [3.8, 4) is 0 Å². The van der Waals surface area contributed by atoms with Crippen LogP contribution in [0.4, 0.5) is 0 Å². The Labute approximate surface area is 130 Å². The summed E-state index contributed by atoms with van der Waals surface area (Å²) in [5.74, 6) is 0. The van der Waals surface area contributed by atoms with E-state index >= 15 is 0 Å². The van der Waals surface area contributed by atoms with Gasteiger partial charge in [-0.2, -0.15) is 0 Å². The summed E-state index contributed by atoms with van der Waals surface area (Å²) in [7, 11) is 0. The molecule has 0 bridgehead atoms. The molecule has 4 heteroatoms. The van der Waals surface area contributed by atoms with E-state index in [0.717, 1.165) is 24.1 Å². The summed E-state index contributed by atoms with van der Waals surface area (Å²) in [6, 6.07) is 6.66. The van der Waals surface area contributed by atoms with Crippen LogP contribution < -0.4 is 5.32 Å². The van der Waals surface area contributed by atoms with Crippen LogP contribution in [-0.2, 0) is 0 Å². The van der Waals surface area contributed by atoms with Crippen LogP contribution in [0.25, 0.3) is 0 Å². The predicted octanol–water partition coefficient (Wildman–Crippen LogP) is 2.86. The van der Waals surface area contributed by atoms with E-state index in [0.29, 0.717) is 6.54 Å². The molecule has 0 aromatic heterocycles. The highest BCUT2D eigenvalue weighted by molar-refractivity contribution is 9.10. The summed E-state index contributed by atoms with van der Waals surface area (Å²) in [6.07, 6.45) is 2.26. The van der Waals surface area contributed by atoms with Crippen molar-refractivity contribution in [2.45, 2.75) is 38.8 Å². The highest BCUT2D eigenvalue weighted by Crippen LogP contribution is 2.21. The fraction of sp³-hybridized carbons (Fsp3) is 0.625. The quantitative estimate of drug-likeness (QED) is 0.835. The number of hydrogen-bond donors (Lipinski definition) is 2. The first-order valence-corrected chi connectivity index (χ1v) is 8.25. The molecule has 2 rings (SSSR count). The van der Waals surface area contributed by atoms with Gasteiger partial charge in [-0.25, -0.2) is 0 Å². The van der Waals surface area contributed by atoms with Crippen LogP contribution >= 0.6 is 15.9 Å². The van der Waals surface area contributed by atoms with Crippen LogP contribution in [0.2, 0.25) is 0 Å². The van der Waals surface area contributed by atoms with E-state index in [1.165, 1.54) is 24.0 Å². The monoisotopic (exact) mass is 340 g/mol. The van der Waals surface area contributed by atoms with Gasteiger partial charge in [0, 0.05) is 23.6 Å². The van der Waals surface area contributed by atoms with Gasteiger partial charge in [0.25, 0.3) is 0 Å². The number of rotatable bonds is 6. The van der Waals surface area contributed by atoms with Crippen molar-refractivity contribution < 1.29 is 5.11 Å². The number of aryl methyl sites for hydroxylation is 1. The van der Waals surface area contributed by atoms with Gasteiger partial charge in [-0.1, -0.05) is 28.1 Å². The Balaban J connectivity index is 1.78. The molecular formula is C16H25BrN2O. The van der Waals surface area contributed by atoms with Crippen molar-refractivity contribution in [2.75, 3.05) is 26.2 Å². The second kappa shape index (κ2) is 7.55. The van der Waals surface area contributed by atoms with Crippen LogP contribution in [-0.4, -0.2) is 42.3 Å². The summed E-state index contributed by atoms with van der Waals surface area (Å²) < 4.78 is 1.14. The molecule has 1 saturated heterocycles. The van der Waals surface area contributed by atoms with E-state index in [1.807, 2.05) is 0 Å². The van der Waals surface area contributed by atoms with E-state index in [1.54, 1.807) is 0 Å². The molecule has 0 aliphatic carbocycles. The largest absolute Gasteiger partial charge is 0.390 e. The zero-order valence-corrected chi connectivity index (χ0v) is 14.0. The molecule has 20 heavy (non-hydrogen) atoms. The number of aliphatic hydroxyl groups excluding tert-OH is 1. The molecule has 1 fully saturated rings. The molecule has 0 amide bonds. The SMILES string of the molecule is Cc1cc(C(C)NCC(O)CN2CCCC2)ccc1Br. The Kier molecular flexibility index (Phi) is 6.02. The number of nitrogens with zero attached hydrogens (tertiary/aromatic N) is 1. The summed E-state index contributed by atoms with van der Waals surface area (Å²) in [5, 5.41) is 13.5. The van der Waals surface area contributed by atoms with E-state index in [4.69, 9.17) is 0 Å². The summed E-state index contributed by atoms with van der Waals surface area (Å²) >= 11 is 3.52. The molecule has 1 aliphatic heterocycles. The number of halogens is 1. The number of nitrogens with one attached hydrogen (secondary N) is 1. The maximum absolute atomic E-state index is 10.1. The molecule has 0 radical (unpaired) electrons. The smallest absolute Gasteiger partial charge is 0.0791 e. The Morgan fingerprint density at radius 2 is 2.05 bits per heavy atom.